The molecule has 0 bridgehead atoms. The Morgan fingerprint density at radius 3 is 2.30 bits per heavy atom. The van der Waals surface area contributed by atoms with Gasteiger partial charge in [-0.2, -0.15) is 5.10 Å². The summed E-state index contributed by atoms with van der Waals surface area (Å²) < 4.78 is 7.32. The Labute approximate surface area is 262 Å². The first-order valence-electron chi connectivity index (χ1n) is 14.6. The number of hydrogen-bond acceptors (Lipinski definition) is 6. The summed E-state index contributed by atoms with van der Waals surface area (Å²) in [7, 11) is 1.61. The predicted molar refractivity (Wildman–Crippen MR) is 180 cm³/mol. The fraction of sp³-hybridized carbons (Fsp3) is 0.194. The van der Waals surface area contributed by atoms with Gasteiger partial charge in [-0.3, -0.25) is 0 Å². The summed E-state index contributed by atoms with van der Waals surface area (Å²) in [5, 5.41) is 9.07. The number of hydrogen-bond donors (Lipinski definition) is 1. The van der Waals surface area contributed by atoms with Crippen molar-refractivity contribution >= 4 is 46.2 Å². The molecule has 7 rings (SSSR count). The van der Waals surface area contributed by atoms with Crippen molar-refractivity contribution in [2.24, 2.45) is 9.98 Å². The highest BCUT2D eigenvalue weighted by Crippen LogP contribution is 2.48. The molecule has 0 fully saturated rings. The number of nitrogens with one attached hydrogen (secondary N) is 1. The van der Waals surface area contributed by atoms with E-state index in [0.29, 0.717) is 22.4 Å². The Hall–Kier alpha value is -4.88. The minimum atomic E-state index is -0.197. The molecule has 4 aromatic carbocycles. The van der Waals surface area contributed by atoms with Gasteiger partial charge in [-0.1, -0.05) is 87.0 Å². The number of amidine groups is 2. The maximum absolute atomic E-state index is 6.51. The fourth-order valence-electron chi connectivity index (χ4n) is 5.91. The molecule has 0 amide bonds. The van der Waals surface area contributed by atoms with Crippen LogP contribution in [-0.2, 0) is 5.41 Å². The average molecular weight is 601 g/mol. The van der Waals surface area contributed by atoms with Crippen LogP contribution in [0.25, 0.3) is 5.69 Å². The molecule has 0 aliphatic carbocycles. The van der Waals surface area contributed by atoms with Crippen LogP contribution in [0.2, 0.25) is 5.02 Å². The van der Waals surface area contributed by atoms with E-state index in [1.807, 2.05) is 59.3 Å². The molecule has 8 heteroatoms. The van der Waals surface area contributed by atoms with E-state index in [1.165, 1.54) is 5.56 Å². The van der Waals surface area contributed by atoms with Crippen molar-refractivity contribution in [2.45, 2.75) is 39.2 Å². The second-order valence-electron chi connectivity index (χ2n) is 12.1. The summed E-state index contributed by atoms with van der Waals surface area (Å²) in [5.41, 5.74) is 8.00. The lowest BCUT2D eigenvalue weighted by Gasteiger charge is -2.40. The molecule has 2 aliphatic heterocycles. The first-order valence-corrected chi connectivity index (χ1v) is 15.0. The number of rotatable bonds is 4. The van der Waals surface area contributed by atoms with Crippen LogP contribution in [0.5, 0.6) is 5.75 Å². The van der Waals surface area contributed by atoms with Crippen molar-refractivity contribution in [1.29, 1.82) is 0 Å². The number of benzene rings is 4. The number of para-hydroxylation sites is 3. The summed E-state index contributed by atoms with van der Waals surface area (Å²) in [6.07, 6.45) is 0. The number of aromatic nitrogens is 2. The van der Waals surface area contributed by atoms with Gasteiger partial charge in [0.15, 0.2) is 17.5 Å². The Morgan fingerprint density at radius 1 is 0.864 bits per heavy atom. The molecule has 220 valence electrons. The second-order valence-corrected chi connectivity index (χ2v) is 12.5. The minimum absolute atomic E-state index is 0.0398. The third-order valence-electron chi connectivity index (χ3n) is 8.15. The summed E-state index contributed by atoms with van der Waals surface area (Å²) in [6.45, 7) is 8.78. The fourth-order valence-corrected chi connectivity index (χ4v) is 6.17. The lowest BCUT2D eigenvalue weighted by molar-refractivity contribution is 0.415. The van der Waals surface area contributed by atoms with Crippen LogP contribution in [0, 0.1) is 6.92 Å². The summed E-state index contributed by atoms with van der Waals surface area (Å²) in [5.74, 6) is 2.71. The highest BCUT2D eigenvalue weighted by molar-refractivity contribution is 6.51. The van der Waals surface area contributed by atoms with E-state index in [1.54, 1.807) is 7.11 Å². The lowest BCUT2D eigenvalue weighted by atomic mass is 9.85. The Morgan fingerprint density at radius 2 is 1.59 bits per heavy atom. The zero-order valence-corrected chi connectivity index (χ0v) is 26.1. The lowest BCUT2D eigenvalue weighted by Crippen LogP contribution is -2.46. The number of ether oxygens (including phenoxy) is 1. The van der Waals surface area contributed by atoms with Crippen LogP contribution >= 0.6 is 11.6 Å². The van der Waals surface area contributed by atoms with Gasteiger partial charge >= 0.3 is 0 Å². The van der Waals surface area contributed by atoms with Crippen LogP contribution in [-0.4, -0.2) is 28.6 Å². The molecule has 0 radical (unpaired) electrons. The number of anilines is 2. The number of nitrogens with zero attached hydrogens (tertiary/aromatic N) is 5. The van der Waals surface area contributed by atoms with Crippen molar-refractivity contribution in [3.8, 4) is 11.4 Å². The van der Waals surface area contributed by atoms with Gasteiger partial charge in [0.1, 0.15) is 5.75 Å². The molecular formula is C36H33ClN6O. The van der Waals surface area contributed by atoms with E-state index in [9.17, 15) is 0 Å². The third-order valence-corrected chi connectivity index (χ3v) is 8.44. The molecule has 0 saturated heterocycles. The second kappa shape index (κ2) is 10.7. The summed E-state index contributed by atoms with van der Waals surface area (Å²) in [4.78, 5) is 12.7. The molecule has 1 atom stereocenters. The molecule has 7 nitrogen and oxygen atoms in total. The normalized spacial score (nSPS) is 15.5. The van der Waals surface area contributed by atoms with Crippen molar-refractivity contribution in [1.82, 2.24) is 9.78 Å². The number of fused-ring (bicyclic) bond motifs is 4. The molecule has 5 aromatic rings. The van der Waals surface area contributed by atoms with Crippen molar-refractivity contribution in [3.05, 3.63) is 124 Å². The monoisotopic (exact) mass is 600 g/mol. The standard InChI is InChI=1S/C36H33ClN6O/c1-22-31-32(23-15-17-24(18-16-23)36(2,3)4)42-29-14-10-9-13-28(29)39-33(38-25-19-20-30(44-5)27(37)21-25)35(42)40-34(31)43(41-22)26-11-7-6-8-12-26/h6-21,32H,1-5H3,(H,38,39). The molecule has 2 aliphatic rings. The molecule has 1 unspecified atom stereocenters. The maximum Gasteiger partial charge on any atom is 0.179 e. The number of halogens is 1. The number of methoxy groups -OCH3 is 1. The van der Waals surface area contributed by atoms with Crippen LogP contribution in [0.1, 0.15) is 49.2 Å². The van der Waals surface area contributed by atoms with E-state index >= 15 is 0 Å². The zero-order valence-electron chi connectivity index (χ0n) is 25.3. The molecule has 1 aromatic heterocycles. The van der Waals surface area contributed by atoms with Crippen LogP contribution in [0.3, 0.4) is 0 Å². The molecular weight excluding hydrogens is 568 g/mol. The van der Waals surface area contributed by atoms with Crippen molar-refractivity contribution in [3.63, 3.8) is 0 Å². The van der Waals surface area contributed by atoms with Gasteiger partial charge < -0.3 is 15.0 Å². The first kappa shape index (κ1) is 27.9. The maximum atomic E-state index is 6.51. The Kier molecular flexibility index (Phi) is 6.78. The molecule has 1 N–H and O–H groups in total. The number of aryl methyl sites for hydroxylation is 1. The largest absolute Gasteiger partial charge is 0.495 e. The smallest absolute Gasteiger partial charge is 0.179 e. The van der Waals surface area contributed by atoms with Gasteiger partial charge in [0.25, 0.3) is 0 Å². The molecule has 0 saturated carbocycles. The molecule has 3 heterocycles. The van der Waals surface area contributed by atoms with Crippen molar-refractivity contribution < 1.29 is 4.74 Å². The van der Waals surface area contributed by atoms with E-state index in [0.717, 1.165) is 45.4 Å². The van der Waals surface area contributed by atoms with Gasteiger partial charge in [-0.25, -0.2) is 14.7 Å². The molecule has 0 spiro atoms. The number of aliphatic imine (C=N–C) groups is 2. The van der Waals surface area contributed by atoms with E-state index in [-0.39, 0.29) is 11.5 Å². The predicted octanol–water partition coefficient (Wildman–Crippen LogP) is 8.94. The van der Waals surface area contributed by atoms with Gasteiger partial charge in [-0.05, 0) is 65.9 Å². The summed E-state index contributed by atoms with van der Waals surface area (Å²) >= 11 is 6.51. The first-order chi connectivity index (χ1) is 21.2. The van der Waals surface area contributed by atoms with E-state index < -0.39 is 0 Å². The zero-order chi connectivity index (χ0) is 30.6. The topological polar surface area (TPSA) is 67.0 Å². The van der Waals surface area contributed by atoms with Crippen LogP contribution in [0.15, 0.2) is 107 Å². The quantitative estimate of drug-likeness (QED) is 0.224. The van der Waals surface area contributed by atoms with Crippen LogP contribution in [0.4, 0.5) is 22.9 Å². The van der Waals surface area contributed by atoms with E-state index in [2.05, 4.69) is 80.4 Å². The minimum Gasteiger partial charge on any atom is -0.495 e. The average Bonchev–Trinajstić information content (AvgIpc) is 3.36. The van der Waals surface area contributed by atoms with Gasteiger partial charge in [0.05, 0.1) is 40.9 Å². The molecule has 44 heavy (non-hydrogen) atoms. The van der Waals surface area contributed by atoms with E-state index in [4.69, 9.17) is 31.4 Å². The highest BCUT2D eigenvalue weighted by atomic mass is 35.5. The van der Waals surface area contributed by atoms with Crippen molar-refractivity contribution in [2.75, 3.05) is 17.3 Å². The summed E-state index contributed by atoms with van der Waals surface area (Å²) in [6, 6.07) is 32.7. The SMILES string of the molecule is COc1ccc(NC2=Nc3ccccc3N3C2=Nc2c(c(C)nn2-c2ccccc2)C3c2ccc(C(C)(C)C)cc2)cc1Cl. The van der Waals surface area contributed by atoms with Crippen LogP contribution < -0.4 is 15.0 Å². The Balaban J connectivity index is 1.46. The third kappa shape index (κ3) is 4.74. The Bertz CT molecular complexity index is 1940. The van der Waals surface area contributed by atoms with Gasteiger partial charge in [0.2, 0.25) is 0 Å². The van der Waals surface area contributed by atoms with Gasteiger partial charge in [-0.15, -0.1) is 0 Å². The van der Waals surface area contributed by atoms with Gasteiger partial charge in [0, 0.05) is 11.3 Å². The highest BCUT2D eigenvalue weighted by Gasteiger charge is 2.41.